The zero-order chi connectivity index (χ0) is 16.3. The van der Waals surface area contributed by atoms with Crippen LogP contribution in [0.3, 0.4) is 0 Å². The number of carboxylic acid groups (broad SMARTS) is 1. The summed E-state index contributed by atoms with van der Waals surface area (Å²) in [6.07, 6.45) is 9.22. The third kappa shape index (κ3) is 7.47. The molecule has 2 aromatic rings. The minimum atomic E-state index is -0.688. The molecule has 0 saturated carbocycles. The molecule has 0 unspecified atom stereocenters. The minimum absolute atomic E-state index is 0.291. The number of rotatable bonds is 11. The minimum Gasteiger partial charge on any atom is -0.481 e. The van der Waals surface area contributed by atoms with E-state index >= 15 is 0 Å². The fourth-order valence-electron chi connectivity index (χ4n) is 2.72. The van der Waals surface area contributed by atoms with Crippen LogP contribution >= 0.6 is 11.3 Å². The molecule has 0 bridgehead atoms. The van der Waals surface area contributed by atoms with Crippen molar-refractivity contribution in [3.63, 3.8) is 0 Å². The first-order valence-electron chi connectivity index (χ1n) is 8.57. The summed E-state index contributed by atoms with van der Waals surface area (Å²) < 4.78 is 0. The van der Waals surface area contributed by atoms with Gasteiger partial charge in [-0.25, -0.2) is 0 Å². The second kappa shape index (κ2) is 10.2. The van der Waals surface area contributed by atoms with E-state index in [0.717, 1.165) is 19.3 Å². The summed E-state index contributed by atoms with van der Waals surface area (Å²) in [6, 6.07) is 15.2. The van der Waals surface area contributed by atoms with Crippen LogP contribution in [0.2, 0.25) is 0 Å². The van der Waals surface area contributed by atoms with Gasteiger partial charge in [0.1, 0.15) is 0 Å². The normalized spacial score (nSPS) is 10.8. The van der Waals surface area contributed by atoms with Gasteiger partial charge in [-0.2, -0.15) is 0 Å². The quantitative estimate of drug-likeness (QED) is 0.552. The van der Waals surface area contributed by atoms with Crippen LogP contribution in [0.1, 0.15) is 53.8 Å². The fraction of sp³-hybridized carbons (Fsp3) is 0.450. The molecule has 2 rings (SSSR count). The SMILES string of the molecule is O=C(O)CCCCc1ccc(CCCCCc2ccccc2)s1. The molecule has 1 aromatic carbocycles. The number of aryl methyl sites for hydroxylation is 3. The molecule has 1 N–H and O–H groups in total. The molecular weight excluding hydrogens is 304 g/mol. The Morgan fingerprint density at radius 1 is 0.783 bits per heavy atom. The molecule has 0 spiro atoms. The van der Waals surface area contributed by atoms with Crippen molar-refractivity contribution in [3.8, 4) is 0 Å². The van der Waals surface area contributed by atoms with E-state index in [1.807, 2.05) is 11.3 Å². The fourth-order valence-corrected chi connectivity index (χ4v) is 3.82. The lowest BCUT2D eigenvalue weighted by Crippen LogP contribution is -1.94. The highest BCUT2D eigenvalue weighted by Crippen LogP contribution is 2.21. The molecule has 0 fully saturated rings. The van der Waals surface area contributed by atoms with Gasteiger partial charge in [-0.3, -0.25) is 4.79 Å². The van der Waals surface area contributed by atoms with Crippen LogP contribution in [0.15, 0.2) is 42.5 Å². The van der Waals surface area contributed by atoms with Crippen LogP contribution in [0.5, 0.6) is 0 Å². The molecule has 1 heterocycles. The van der Waals surface area contributed by atoms with E-state index in [-0.39, 0.29) is 0 Å². The molecule has 0 atom stereocenters. The largest absolute Gasteiger partial charge is 0.481 e. The molecule has 0 aliphatic rings. The second-order valence-corrected chi connectivity index (χ2v) is 7.27. The number of hydrogen-bond acceptors (Lipinski definition) is 2. The summed E-state index contributed by atoms with van der Waals surface area (Å²) in [7, 11) is 0. The van der Waals surface area contributed by atoms with E-state index in [2.05, 4.69) is 42.5 Å². The Hall–Kier alpha value is -1.61. The first kappa shape index (κ1) is 17.7. The molecule has 2 nitrogen and oxygen atoms in total. The highest BCUT2D eigenvalue weighted by Gasteiger charge is 2.02. The lowest BCUT2D eigenvalue weighted by molar-refractivity contribution is -0.137. The topological polar surface area (TPSA) is 37.3 Å². The maximum absolute atomic E-state index is 10.5. The second-order valence-electron chi connectivity index (χ2n) is 6.02. The molecule has 1 aromatic heterocycles. The van der Waals surface area contributed by atoms with Crippen LogP contribution in [0.25, 0.3) is 0 Å². The van der Waals surface area contributed by atoms with Gasteiger partial charge in [0.05, 0.1) is 0 Å². The number of carbonyl (C=O) groups is 1. The van der Waals surface area contributed by atoms with Crippen LogP contribution in [0.4, 0.5) is 0 Å². The molecule has 0 amide bonds. The van der Waals surface area contributed by atoms with Gasteiger partial charge in [0, 0.05) is 16.2 Å². The van der Waals surface area contributed by atoms with Gasteiger partial charge in [-0.05, 0) is 62.6 Å². The van der Waals surface area contributed by atoms with Crippen LogP contribution in [-0.2, 0) is 24.1 Å². The van der Waals surface area contributed by atoms with Crippen molar-refractivity contribution in [2.75, 3.05) is 0 Å². The number of thiophene rings is 1. The van der Waals surface area contributed by atoms with Crippen molar-refractivity contribution >= 4 is 17.3 Å². The Labute approximate surface area is 143 Å². The van der Waals surface area contributed by atoms with E-state index in [1.54, 1.807) is 0 Å². The van der Waals surface area contributed by atoms with Gasteiger partial charge < -0.3 is 5.11 Å². The van der Waals surface area contributed by atoms with E-state index in [4.69, 9.17) is 5.11 Å². The Morgan fingerprint density at radius 3 is 2.04 bits per heavy atom. The molecule has 23 heavy (non-hydrogen) atoms. The smallest absolute Gasteiger partial charge is 0.303 e. The van der Waals surface area contributed by atoms with Crippen molar-refractivity contribution in [2.24, 2.45) is 0 Å². The highest BCUT2D eigenvalue weighted by molar-refractivity contribution is 7.11. The lowest BCUT2D eigenvalue weighted by Gasteiger charge is -2.01. The highest BCUT2D eigenvalue weighted by atomic mass is 32.1. The van der Waals surface area contributed by atoms with Gasteiger partial charge >= 0.3 is 5.97 Å². The van der Waals surface area contributed by atoms with Gasteiger partial charge in [0.15, 0.2) is 0 Å². The number of aliphatic carboxylic acids is 1. The van der Waals surface area contributed by atoms with Crippen molar-refractivity contribution < 1.29 is 9.90 Å². The summed E-state index contributed by atoms with van der Waals surface area (Å²) in [5.74, 6) is -0.688. The summed E-state index contributed by atoms with van der Waals surface area (Å²) in [5.41, 5.74) is 1.44. The molecule has 3 heteroatoms. The van der Waals surface area contributed by atoms with Gasteiger partial charge in [-0.15, -0.1) is 11.3 Å². The zero-order valence-corrected chi connectivity index (χ0v) is 14.5. The Kier molecular flexibility index (Phi) is 7.88. The standard InChI is InChI=1S/C20H26O2S/c21-20(22)14-8-7-13-19-16-15-18(23-19)12-6-2-5-11-17-9-3-1-4-10-17/h1,3-4,9-10,15-16H,2,5-8,11-14H2,(H,21,22). The lowest BCUT2D eigenvalue weighted by atomic mass is 10.1. The van der Waals surface area contributed by atoms with Crippen LogP contribution < -0.4 is 0 Å². The van der Waals surface area contributed by atoms with Crippen LogP contribution in [0, 0.1) is 0 Å². The zero-order valence-electron chi connectivity index (χ0n) is 13.7. The summed E-state index contributed by atoms with van der Waals surface area (Å²) in [5, 5.41) is 8.63. The van der Waals surface area contributed by atoms with E-state index in [0.29, 0.717) is 6.42 Å². The van der Waals surface area contributed by atoms with Crippen molar-refractivity contribution in [2.45, 2.75) is 57.8 Å². The van der Waals surface area contributed by atoms with E-state index in [1.165, 1.54) is 47.4 Å². The third-order valence-corrected chi connectivity index (χ3v) is 5.22. The third-order valence-electron chi connectivity index (χ3n) is 4.01. The Balaban J connectivity index is 1.56. The van der Waals surface area contributed by atoms with Gasteiger partial charge in [0.2, 0.25) is 0 Å². The van der Waals surface area contributed by atoms with Crippen molar-refractivity contribution in [1.29, 1.82) is 0 Å². The predicted octanol–water partition coefficient (Wildman–Crippen LogP) is 5.50. The van der Waals surface area contributed by atoms with Gasteiger partial charge in [-0.1, -0.05) is 36.8 Å². The Bertz CT molecular complexity index is 574. The summed E-state index contributed by atoms with van der Waals surface area (Å²) >= 11 is 1.90. The maximum atomic E-state index is 10.5. The predicted molar refractivity (Wildman–Crippen MR) is 97.2 cm³/mol. The monoisotopic (exact) mass is 330 g/mol. The van der Waals surface area contributed by atoms with E-state index in [9.17, 15) is 4.79 Å². The average Bonchev–Trinajstić information content (AvgIpc) is 3.00. The first-order chi connectivity index (χ1) is 11.2. The van der Waals surface area contributed by atoms with Crippen molar-refractivity contribution in [3.05, 3.63) is 57.8 Å². The molecular formula is C20H26O2S. The molecule has 0 aliphatic carbocycles. The van der Waals surface area contributed by atoms with Gasteiger partial charge in [0.25, 0.3) is 0 Å². The molecule has 0 saturated heterocycles. The number of benzene rings is 1. The van der Waals surface area contributed by atoms with Crippen LogP contribution in [-0.4, -0.2) is 11.1 Å². The average molecular weight is 330 g/mol. The van der Waals surface area contributed by atoms with E-state index < -0.39 is 5.97 Å². The Morgan fingerprint density at radius 2 is 1.39 bits per heavy atom. The summed E-state index contributed by atoms with van der Waals surface area (Å²) in [4.78, 5) is 13.3. The molecule has 124 valence electrons. The molecule has 0 aliphatic heterocycles. The number of unbranched alkanes of at least 4 members (excludes halogenated alkanes) is 3. The summed E-state index contributed by atoms with van der Waals surface area (Å²) in [6.45, 7) is 0. The molecule has 0 radical (unpaired) electrons. The van der Waals surface area contributed by atoms with Crippen molar-refractivity contribution in [1.82, 2.24) is 0 Å². The number of carboxylic acids is 1. The first-order valence-corrected chi connectivity index (χ1v) is 9.39. The maximum Gasteiger partial charge on any atom is 0.303 e. The number of hydrogen-bond donors (Lipinski definition) is 1.